The van der Waals surface area contributed by atoms with Crippen LogP contribution in [0.25, 0.3) is 0 Å². The fourth-order valence-corrected chi connectivity index (χ4v) is 2.37. The quantitative estimate of drug-likeness (QED) is 0.506. The number of carbonyl (C=O) groups excluding carboxylic acids is 3. The van der Waals surface area contributed by atoms with Gasteiger partial charge in [0.05, 0.1) is 19.2 Å². The van der Waals surface area contributed by atoms with E-state index in [0.29, 0.717) is 25.1 Å². The van der Waals surface area contributed by atoms with Crippen LogP contribution in [0.2, 0.25) is 0 Å². The minimum absolute atomic E-state index is 0.249. The average molecular weight is 358 g/mol. The van der Waals surface area contributed by atoms with Crippen molar-refractivity contribution >= 4 is 23.5 Å². The van der Waals surface area contributed by atoms with Crippen LogP contribution in [0.3, 0.4) is 0 Å². The summed E-state index contributed by atoms with van der Waals surface area (Å²) in [4.78, 5) is 35.1. The standard InChI is InChI=1S/C18H22N4O4/c1-12(18(25)26-2)9-13-3-5-15(6-4-13)22-17(24)16(23)19-8-7-14-10-20-21-11-14/h3-6,10-12H,7-9H2,1-2H3,(H,19,23)(H,20,21)(H,22,24). The second kappa shape index (κ2) is 9.36. The minimum atomic E-state index is -0.729. The Morgan fingerprint density at radius 1 is 1.15 bits per heavy atom. The van der Waals surface area contributed by atoms with Crippen LogP contribution in [0, 0.1) is 5.92 Å². The van der Waals surface area contributed by atoms with Gasteiger partial charge in [0, 0.05) is 18.4 Å². The zero-order valence-electron chi connectivity index (χ0n) is 14.7. The molecule has 0 aliphatic heterocycles. The molecule has 0 spiro atoms. The zero-order valence-corrected chi connectivity index (χ0v) is 14.7. The third kappa shape index (κ3) is 5.73. The molecule has 0 bridgehead atoms. The van der Waals surface area contributed by atoms with Crippen molar-refractivity contribution in [3.63, 3.8) is 0 Å². The summed E-state index contributed by atoms with van der Waals surface area (Å²) < 4.78 is 4.70. The van der Waals surface area contributed by atoms with Gasteiger partial charge in [-0.15, -0.1) is 0 Å². The van der Waals surface area contributed by atoms with E-state index in [1.165, 1.54) is 7.11 Å². The molecular weight excluding hydrogens is 336 g/mol. The first kappa shape index (κ1) is 19.2. The molecular formula is C18H22N4O4. The molecule has 1 aromatic carbocycles. The van der Waals surface area contributed by atoms with Gasteiger partial charge in [0.15, 0.2) is 0 Å². The lowest BCUT2D eigenvalue weighted by molar-refractivity contribution is -0.144. The minimum Gasteiger partial charge on any atom is -0.469 e. The third-order valence-electron chi connectivity index (χ3n) is 3.82. The van der Waals surface area contributed by atoms with E-state index < -0.39 is 11.8 Å². The Morgan fingerprint density at radius 3 is 2.50 bits per heavy atom. The maximum atomic E-state index is 11.9. The number of aromatic amines is 1. The summed E-state index contributed by atoms with van der Waals surface area (Å²) >= 11 is 0. The summed E-state index contributed by atoms with van der Waals surface area (Å²) in [6.45, 7) is 2.13. The van der Waals surface area contributed by atoms with Crippen LogP contribution in [0.4, 0.5) is 5.69 Å². The van der Waals surface area contributed by atoms with E-state index in [4.69, 9.17) is 4.74 Å². The van der Waals surface area contributed by atoms with Crippen molar-refractivity contribution < 1.29 is 19.1 Å². The van der Waals surface area contributed by atoms with Crippen molar-refractivity contribution in [1.29, 1.82) is 0 Å². The van der Waals surface area contributed by atoms with Gasteiger partial charge in [0.2, 0.25) is 0 Å². The van der Waals surface area contributed by atoms with Crippen molar-refractivity contribution in [2.24, 2.45) is 5.92 Å². The summed E-state index contributed by atoms with van der Waals surface area (Å²) in [6.07, 6.45) is 4.52. The normalized spacial score (nSPS) is 11.5. The molecule has 1 unspecified atom stereocenters. The Labute approximate surface area is 151 Å². The number of hydrogen-bond donors (Lipinski definition) is 3. The molecule has 0 aliphatic rings. The Kier molecular flexibility index (Phi) is 6.90. The summed E-state index contributed by atoms with van der Waals surface area (Å²) in [5.41, 5.74) is 2.39. The van der Waals surface area contributed by atoms with Gasteiger partial charge in [-0.2, -0.15) is 5.10 Å². The molecule has 0 aliphatic carbocycles. The maximum absolute atomic E-state index is 11.9. The van der Waals surface area contributed by atoms with Crippen molar-refractivity contribution in [3.05, 3.63) is 47.8 Å². The number of anilines is 1. The average Bonchev–Trinajstić information content (AvgIpc) is 3.15. The fourth-order valence-electron chi connectivity index (χ4n) is 2.37. The highest BCUT2D eigenvalue weighted by Gasteiger charge is 2.15. The summed E-state index contributed by atoms with van der Waals surface area (Å²) in [7, 11) is 1.36. The van der Waals surface area contributed by atoms with E-state index in [1.54, 1.807) is 43.6 Å². The molecule has 2 rings (SSSR count). The number of hydrogen-bond acceptors (Lipinski definition) is 5. The molecule has 138 valence electrons. The number of carbonyl (C=O) groups is 3. The second-order valence-corrected chi connectivity index (χ2v) is 5.89. The molecule has 0 saturated heterocycles. The Balaban J connectivity index is 1.79. The summed E-state index contributed by atoms with van der Waals surface area (Å²) in [5, 5.41) is 11.6. The largest absolute Gasteiger partial charge is 0.469 e. The first-order valence-electron chi connectivity index (χ1n) is 8.23. The van der Waals surface area contributed by atoms with Gasteiger partial charge < -0.3 is 15.4 Å². The SMILES string of the molecule is COC(=O)C(C)Cc1ccc(NC(=O)C(=O)NCCc2cn[nH]c2)cc1. The van der Waals surface area contributed by atoms with Crippen LogP contribution in [0.5, 0.6) is 0 Å². The van der Waals surface area contributed by atoms with E-state index >= 15 is 0 Å². The van der Waals surface area contributed by atoms with E-state index in [-0.39, 0.29) is 11.9 Å². The summed E-state index contributed by atoms with van der Waals surface area (Å²) in [5.74, 6) is -1.94. The van der Waals surface area contributed by atoms with E-state index in [1.807, 2.05) is 0 Å². The number of rotatable bonds is 7. The van der Waals surface area contributed by atoms with Crippen LogP contribution in [0.15, 0.2) is 36.7 Å². The van der Waals surface area contributed by atoms with Gasteiger partial charge in [0.1, 0.15) is 0 Å². The van der Waals surface area contributed by atoms with Gasteiger partial charge in [0.25, 0.3) is 0 Å². The van der Waals surface area contributed by atoms with E-state index in [0.717, 1.165) is 11.1 Å². The highest BCUT2D eigenvalue weighted by Crippen LogP contribution is 2.14. The van der Waals surface area contributed by atoms with E-state index in [2.05, 4.69) is 20.8 Å². The number of benzene rings is 1. The highest BCUT2D eigenvalue weighted by molar-refractivity contribution is 6.39. The number of methoxy groups -OCH3 is 1. The number of nitrogens with zero attached hydrogens (tertiary/aromatic N) is 1. The summed E-state index contributed by atoms with van der Waals surface area (Å²) in [6, 6.07) is 6.98. The van der Waals surface area contributed by atoms with Crippen molar-refractivity contribution in [3.8, 4) is 0 Å². The lowest BCUT2D eigenvalue weighted by Gasteiger charge is -2.10. The Bertz CT molecular complexity index is 741. The van der Waals surface area contributed by atoms with Crippen LogP contribution in [-0.2, 0) is 32.0 Å². The molecule has 8 nitrogen and oxygen atoms in total. The molecule has 0 saturated carbocycles. The lowest BCUT2D eigenvalue weighted by Crippen LogP contribution is -2.36. The number of nitrogens with one attached hydrogen (secondary N) is 3. The molecule has 1 atom stereocenters. The maximum Gasteiger partial charge on any atom is 0.313 e. The number of ether oxygens (including phenoxy) is 1. The van der Waals surface area contributed by atoms with Crippen LogP contribution in [0.1, 0.15) is 18.1 Å². The Morgan fingerprint density at radius 2 is 1.88 bits per heavy atom. The molecule has 0 radical (unpaired) electrons. The van der Waals surface area contributed by atoms with Crippen LogP contribution in [-0.4, -0.2) is 41.6 Å². The fraction of sp³-hybridized carbons (Fsp3) is 0.333. The lowest BCUT2D eigenvalue weighted by atomic mass is 10.0. The molecule has 8 heteroatoms. The predicted octanol–water partition coefficient (Wildman–Crippen LogP) is 1.06. The molecule has 0 fully saturated rings. The first-order valence-corrected chi connectivity index (χ1v) is 8.23. The van der Waals surface area contributed by atoms with Crippen molar-refractivity contribution in [1.82, 2.24) is 15.5 Å². The molecule has 3 N–H and O–H groups in total. The van der Waals surface area contributed by atoms with Crippen LogP contribution >= 0.6 is 0 Å². The Hall–Kier alpha value is -3.16. The number of aromatic nitrogens is 2. The highest BCUT2D eigenvalue weighted by atomic mass is 16.5. The molecule has 2 amide bonds. The van der Waals surface area contributed by atoms with Gasteiger partial charge >= 0.3 is 17.8 Å². The monoisotopic (exact) mass is 358 g/mol. The molecule has 2 aromatic rings. The van der Waals surface area contributed by atoms with Crippen molar-refractivity contribution in [2.75, 3.05) is 19.0 Å². The van der Waals surface area contributed by atoms with Gasteiger partial charge in [-0.25, -0.2) is 0 Å². The first-order chi connectivity index (χ1) is 12.5. The predicted molar refractivity (Wildman–Crippen MR) is 95.3 cm³/mol. The van der Waals surface area contributed by atoms with Crippen LogP contribution < -0.4 is 10.6 Å². The topological polar surface area (TPSA) is 113 Å². The number of amides is 2. The molecule has 1 aromatic heterocycles. The smallest absolute Gasteiger partial charge is 0.313 e. The van der Waals surface area contributed by atoms with Gasteiger partial charge in [-0.3, -0.25) is 19.5 Å². The zero-order chi connectivity index (χ0) is 18.9. The molecule has 26 heavy (non-hydrogen) atoms. The van der Waals surface area contributed by atoms with Gasteiger partial charge in [-0.1, -0.05) is 19.1 Å². The third-order valence-corrected chi connectivity index (χ3v) is 3.82. The molecule has 1 heterocycles. The van der Waals surface area contributed by atoms with Crippen molar-refractivity contribution in [2.45, 2.75) is 19.8 Å². The van der Waals surface area contributed by atoms with E-state index in [9.17, 15) is 14.4 Å². The number of esters is 1. The second-order valence-electron chi connectivity index (χ2n) is 5.89. The van der Waals surface area contributed by atoms with Gasteiger partial charge in [-0.05, 0) is 36.1 Å². The number of H-pyrrole nitrogens is 1.